The third-order valence-electron chi connectivity index (χ3n) is 2.61. The molecule has 0 heterocycles. The Balaban J connectivity index is 2.10. The molecule has 0 fully saturated rings. The van der Waals surface area contributed by atoms with Crippen LogP contribution in [0.1, 0.15) is 0 Å². The van der Waals surface area contributed by atoms with E-state index in [1.807, 2.05) is 0 Å². The van der Waals surface area contributed by atoms with Crippen LogP contribution in [0, 0.1) is 11.6 Å². The number of amides is 2. The zero-order valence-corrected chi connectivity index (χ0v) is 11.7. The number of ether oxygens (including phenoxy) is 1. The third kappa shape index (κ3) is 3.61. The van der Waals surface area contributed by atoms with Gasteiger partial charge in [0, 0.05) is 5.69 Å². The Morgan fingerprint density at radius 3 is 2.38 bits per heavy atom. The van der Waals surface area contributed by atoms with Crippen LogP contribution < -0.4 is 15.4 Å². The highest BCUT2D eigenvalue weighted by atomic mass is 35.5. The van der Waals surface area contributed by atoms with E-state index in [0.717, 1.165) is 12.1 Å². The van der Waals surface area contributed by atoms with Gasteiger partial charge in [-0.3, -0.25) is 0 Å². The SMILES string of the molecule is COc1ccc(NC(=O)Nc2c(F)cccc2F)cc1Cl. The average Bonchev–Trinajstić information content (AvgIpc) is 2.43. The first-order chi connectivity index (χ1) is 10.0. The summed E-state index contributed by atoms with van der Waals surface area (Å²) in [6, 6.07) is 7.06. The largest absolute Gasteiger partial charge is 0.495 e. The molecule has 0 aromatic heterocycles. The van der Waals surface area contributed by atoms with E-state index in [9.17, 15) is 13.6 Å². The zero-order valence-electron chi connectivity index (χ0n) is 10.9. The molecule has 0 bridgehead atoms. The van der Waals surface area contributed by atoms with E-state index in [0.29, 0.717) is 16.5 Å². The summed E-state index contributed by atoms with van der Waals surface area (Å²) in [4.78, 5) is 11.7. The molecular weight excluding hydrogens is 302 g/mol. The number of urea groups is 1. The first-order valence-corrected chi connectivity index (χ1v) is 6.24. The molecule has 2 N–H and O–H groups in total. The first-order valence-electron chi connectivity index (χ1n) is 5.87. The molecule has 7 heteroatoms. The van der Waals surface area contributed by atoms with E-state index < -0.39 is 23.4 Å². The minimum Gasteiger partial charge on any atom is -0.495 e. The highest BCUT2D eigenvalue weighted by molar-refractivity contribution is 6.32. The molecule has 0 atom stereocenters. The van der Waals surface area contributed by atoms with Crippen molar-refractivity contribution < 1.29 is 18.3 Å². The normalized spacial score (nSPS) is 10.1. The summed E-state index contributed by atoms with van der Waals surface area (Å²) in [5, 5.41) is 4.81. The van der Waals surface area contributed by atoms with E-state index in [4.69, 9.17) is 16.3 Å². The van der Waals surface area contributed by atoms with Crippen LogP contribution in [0.25, 0.3) is 0 Å². The Morgan fingerprint density at radius 2 is 1.81 bits per heavy atom. The van der Waals surface area contributed by atoms with Crippen molar-refractivity contribution in [1.82, 2.24) is 0 Å². The topological polar surface area (TPSA) is 50.4 Å². The lowest BCUT2D eigenvalue weighted by atomic mass is 10.3. The lowest BCUT2D eigenvalue weighted by Gasteiger charge is -2.10. The van der Waals surface area contributed by atoms with Crippen LogP contribution in [0.3, 0.4) is 0 Å². The second kappa shape index (κ2) is 6.41. The van der Waals surface area contributed by atoms with Gasteiger partial charge >= 0.3 is 6.03 Å². The van der Waals surface area contributed by atoms with Crippen molar-refractivity contribution >= 4 is 29.0 Å². The highest BCUT2D eigenvalue weighted by Crippen LogP contribution is 2.27. The van der Waals surface area contributed by atoms with Gasteiger partial charge in [-0.15, -0.1) is 0 Å². The maximum Gasteiger partial charge on any atom is 0.323 e. The molecule has 0 saturated carbocycles. The monoisotopic (exact) mass is 312 g/mol. The third-order valence-corrected chi connectivity index (χ3v) is 2.91. The van der Waals surface area contributed by atoms with E-state index >= 15 is 0 Å². The van der Waals surface area contributed by atoms with Crippen molar-refractivity contribution in [2.45, 2.75) is 0 Å². The Bertz CT molecular complexity index is 660. The number of nitrogens with one attached hydrogen (secondary N) is 2. The van der Waals surface area contributed by atoms with Gasteiger partial charge < -0.3 is 15.4 Å². The number of carbonyl (C=O) groups is 1. The second-order valence-corrected chi connectivity index (χ2v) is 4.43. The Hall–Kier alpha value is -2.34. The van der Waals surface area contributed by atoms with E-state index in [2.05, 4.69) is 10.6 Å². The smallest absolute Gasteiger partial charge is 0.323 e. The molecule has 2 rings (SSSR count). The molecule has 0 unspecified atom stereocenters. The number of hydrogen-bond donors (Lipinski definition) is 2. The quantitative estimate of drug-likeness (QED) is 0.889. The molecule has 0 spiro atoms. The molecule has 2 amide bonds. The average molecular weight is 313 g/mol. The van der Waals surface area contributed by atoms with Crippen LogP contribution in [0.2, 0.25) is 5.02 Å². The number of hydrogen-bond acceptors (Lipinski definition) is 2. The molecule has 4 nitrogen and oxygen atoms in total. The first kappa shape index (κ1) is 15.1. The lowest BCUT2D eigenvalue weighted by molar-refractivity contribution is 0.262. The van der Waals surface area contributed by atoms with Crippen molar-refractivity contribution in [3.05, 3.63) is 53.1 Å². The molecule has 2 aromatic rings. The standard InChI is InChI=1S/C14H11ClF2N2O2/c1-21-12-6-5-8(7-9(12)15)18-14(20)19-13-10(16)3-2-4-11(13)17/h2-7H,1H3,(H2,18,19,20). The maximum atomic E-state index is 13.4. The number of rotatable bonds is 3. The van der Waals surface area contributed by atoms with Crippen LogP contribution >= 0.6 is 11.6 Å². The predicted octanol–water partition coefficient (Wildman–Crippen LogP) is 4.27. The summed E-state index contributed by atoms with van der Waals surface area (Å²) >= 11 is 5.91. The van der Waals surface area contributed by atoms with Gasteiger partial charge in [-0.2, -0.15) is 0 Å². The molecule has 0 aliphatic heterocycles. The minimum absolute atomic E-state index is 0.298. The summed E-state index contributed by atoms with van der Waals surface area (Å²) < 4.78 is 31.8. The molecule has 110 valence electrons. The van der Waals surface area contributed by atoms with Crippen LogP contribution in [-0.2, 0) is 0 Å². The number of halogens is 3. The van der Waals surface area contributed by atoms with E-state index in [-0.39, 0.29) is 0 Å². The molecule has 21 heavy (non-hydrogen) atoms. The summed E-state index contributed by atoms with van der Waals surface area (Å²) in [7, 11) is 1.46. The van der Waals surface area contributed by atoms with Crippen molar-refractivity contribution in [3.8, 4) is 5.75 Å². The van der Waals surface area contributed by atoms with Crippen LogP contribution in [0.15, 0.2) is 36.4 Å². The van der Waals surface area contributed by atoms with Crippen molar-refractivity contribution in [1.29, 1.82) is 0 Å². The van der Waals surface area contributed by atoms with Gasteiger partial charge in [0.25, 0.3) is 0 Å². The molecule has 0 radical (unpaired) electrons. The minimum atomic E-state index is -0.863. The molecule has 0 saturated heterocycles. The van der Waals surface area contributed by atoms with Crippen molar-refractivity contribution in [2.75, 3.05) is 17.7 Å². The predicted molar refractivity (Wildman–Crippen MR) is 77.0 cm³/mol. The molecule has 0 aliphatic carbocycles. The van der Waals surface area contributed by atoms with Crippen LogP contribution in [-0.4, -0.2) is 13.1 Å². The van der Waals surface area contributed by atoms with Gasteiger partial charge in [0.2, 0.25) is 0 Å². The fourth-order valence-electron chi connectivity index (χ4n) is 1.64. The second-order valence-electron chi connectivity index (χ2n) is 4.03. The summed E-state index contributed by atoms with van der Waals surface area (Å²) in [6.45, 7) is 0. The molecule has 2 aromatic carbocycles. The van der Waals surface area contributed by atoms with Gasteiger partial charge in [0.15, 0.2) is 0 Å². The Labute approximate surface area is 124 Å². The van der Waals surface area contributed by atoms with E-state index in [1.165, 1.54) is 19.2 Å². The molecule has 0 aliphatic rings. The van der Waals surface area contributed by atoms with Gasteiger partial charge in [0.05, 0.1) is 12.1 Å². The number of para-hydroxylation sites is 1. The molecular formula is C14H11ClF2N2O2. The van der Waals surface area contributed by atoms with Crippen LogP contribution in [0.5, 0.6) is 5.75 Å². The number of carbonyl (C=O) groups excluding carboxylic acids is 1. The fraction of sp³-hybridized carbons (Fsp3) is 0.0714. The van der Waals surface area contributed by atoms with Crippen molar-refractivity contribution in [3.63, 3.8) is 0 Å². The fourth-order valence-corrected chi connectivity index (χ4v) is 1.89. The van der Waals surface area contributed by atoms with Gasteiger partial charge in [-0.25, -0.2) is 13.6 Å². The number of benzene rings is 2. The van der Waals surface area contributed by atoms with E-state index in [1.54, 1.807) is 12.1 Å². The lowest BCUT2D eigenvalue weighted by Crippen LogP contribution is -2.20. The number of methoxy groups -OCH3 is 1. The zero-order chi connectivity index (χ0) is 15.4. The Kier molecular flexibility index (Phi) is 4.59. The maximum absolute atomic E-state index is 13.4. The van der Waals surface area contributed by atoms with Gasteiger partial charge in [0.1, 0.15) is 23.1 Å². The number of anilines is 2. The Morgan fingerprint density at radius 1 is 1.14 bits per heavy atom. The van der Waals surface area contributed by atoms with Gasteiger partial charge in [-0.1, -0.05) is 17.7 Å². The highest BCUT2D eigenvalue weighted by Gasteiger charge is 2.12. The van der Waals surface area contributed by atoms with Crippen molar-refractivity contribution in [2.24, 2.45) is 0 Å². The van der Waals surface area contributed by atoms with Crippen LogP contribution in [0.4, 0.5) is 25.0 Å². The van der Waals surface area contributed by atoms with Gasteiger partial charge in [-0.05, 0) is 30.3 Å². The summed E-state index contributed by atoms with van der Waals surface area (Å²) in [5.41, 5.74) is -0.162. The summed E-state index contributed by atoms with van der Waals surface area (Å²) in [6.07, 6.45) is 0. The summed E-state index contributed by atoms with van der Waals surface area (Å²) in [5.74, 6) is -1.28.